The molecule has 2 aromatic heterocycles. The molecule has 1 saturated heterocycles. The molecular formula is C19H20N4O2S. The van der Waals surface area contributed by atoms with Crippen molar-refractivity contribution < 1.29 is 4.79 Å². The number of hydrogen-bond acceptors (Lipinski definition) is 5. The van der Waals surface area contributed by atoms with Crippen LogP contribution in [0.2, 0.25) is 0 Å². The molecule has 0 radical (unpaired) electrons. The number of likely N-dealkylation sites (tertiary alicyclic amines) is 1. The lowest BCUT2D eigenvalue weighted by Gasteiger charge is -2.31. The number of carbonyl (C=O) groups is 1. The number of hydrogen-bond donors (Lipinski definition) is 0. The fourth-order valence-corrected chi connectivity index (χ4v) is 4.32. The average Bonchev–Trinajstić information content (AvgIpc) is 3.10. The van der Waals surface area contributed by atoms with E-state index < -0.39 is 0 Å². The van der Waals surface area contributed by atoms with E-state index in [0.717, 1.165) is 23.1 Å². The average molecular weight is 368 g/mol. The summed E-state index contributed by atoms with van der Waals surface area (Å²) in [6.45, 7) is 3.85. The highest BCUT2D eigenvalue weighted by atomic mass is 32.1. The second-order valence-electron chi connectivity index (χ2n) is 6.76. The van der Waals surface area contributed by atoms with Gasteiger partial charge in [-0.3, -0.25) is 14.2 Å². The Kier molecular flexibility index (Phi) is 4.55. The summed E-state index contributed by atoms with van der Waals surface area (Å²) >= 11 is 1.45. The number of rotatable bonds is 3. The molecule has 0 atom stereocenters. The number of nitrogens with zero attached hydrogens (tertiary/aromatic N) is 4. The van der Waals surface area contributed by atoms with E-state index in [-0.39, 0.29) is 11.5 Å². The molecule has 0 unspecified atom stereocenters. The topological polar surface area (TPSA) is 68.1 Å². The third-order valence-corrected chi connectivity index (χ3v) is 5.93. The second kappa shape index (κ2) is 6.99. The molecule has 0 bridgehead atoms. The highest BCUT2D eigenvalue weighted by Crippen LogP contribution is 2.25. The zero-order valence-corrected chi connectivity index (χ0v) is 15.4. The summed E-state index contributed by atoms with van der Waals surface area (Å²) in [4.78, 5) is 35.3. The van der Waals surface area contributed by atoms with Crippen molar-refractivity contribution in [1.82, 2.24) is 19.4 Å². The quantitative estimate of drug-likeness (QED) is 0.713. The van der Waals surface area contributed by atoms with Gasteiger partial charge in [0.05, 0.1) is 16.5 Å². The Morgan fingerprint density at radius 3 is 2.81 bits per heavy atom. The first kappa shape index (κ1) is 16.9. The van der Waals surface area contributed by atoms with E-state index in [1.807, 2.05) is 29.2 Å². The third kappa shape index (κ3) is 3.26. The minimum atomic E-state index is 0.0130. The number of para-hydroxylation sites is 1. The van der Waals surface area contributed by atoms with E-state index in [9.17, 15) is 9.59 Å². The molecule has 6 nitrogen and oxygen atoms in total. The number of fused-ring (bicyclic) bond motifs is 1. The lowest BCUT2D eigenvalue weighted by molar-refractivity contribution is 0.0682. The van der Waals surface area contributed by atoms with Crippen LogP contribution < -0.4 is 5.56 Å². The van der Waals surface area contributed by atoms with E-state index in [4.69, 9.17) is 0 Å². The molecule has 7 heteroatoms. The van der Waals surface area contributed by atoms with Crippen LogP contribution in [0, 0.1) is 12.8 Å². The van der Waals surface area contributed by atoms with Crippen molar-refractivity contribution in [3.63, 3.8) is 0 Å². The van der Waals surface area contributed by atoms with Crippen LogP contribution >= 0.6 is 11.3 Å². The Labute approximate surface area is 155 Å². The molecule has 1 aliphatic rings. The van der Waals surface area contributed by atoms with E-state index in [0.29, 0.717) is 36.1 Å². The van der Waals surface area contributed by atoms with Crippen molar-refractivity contribution in [2.75, 3.05) is 13.1 Å². The van der Waals surface area contributed by atoms with E-state index in [1.54, 1.807) is 24.0 Å². The van der Waals surface area contributed by atoms with Crippen LogP contribution in [0.5, 0.6) is 0 Å². The molecule has 134 valence electrons. The van der Waals surface area contributed by atoms with Gasteiger partial charge < -0.3 is 4.90 Å². The minimum absolute atomic E-state index is 0.0130. The zero-order chi connectivity index (χ0) is 18.1. The Hall–Kier alpha value is -2.54. The number of thiazole rings is 1. The number of aryl methyl sites for hydroxylation is 1. The molecule has 1 aliphatic heterocycles. The summed E-state index contributed by atoms with van der Waals surface area (Å²) in [6.07, 6.45) is 4.97. The predicted octanol–water partition coefficient (Wildman–Crippen LogP) is 2.71. The molecule has 3 heterocycles. The van der Waals surface area contributed by atoms with Crippen LogP contribution in [0.4, 0.5) is 0 Å². The van der Waals surface area contributed by atoms with Crippen LogP contribution in [0.25, 0.3) is 10.2 Å². The highest BCUT2D eigenvalue weighted by molar-refractivity contribution is 7.20. The van der Waals surface area contributed by atoms with Gasteiger partial charge in [-0.2, -0.15) is 0 Å². The fraction of sp³-hybridized carbons (Fsp3) is 0.368. The Morgan fingerprint density at radius 1 is 1.27 bits per heavy atom. The van der Waals surface area contributed by atoms with Crippen molar-refractivity contribution >= 4 is 27.5 Å². The maximum atomic E-state index is 12.7. The van der Waals surface area contributed by atoms with Gasteiger partial charge in [0.15, 0.2) is 5.01 Å². The summed E-state index contributed by atoms with van der Waals surface area (Å²) < 4.78 is 2.72. The van der Waals surface area contributed by atoms with Crippen molar-refractivity contribution in [3.05, 3.63) is 57.7 Å². The summed E-state index contributed by atoms with van der Waals surface area (Å²) in [7, 11) is 0. The molecule has 0 saturated carbocycles. The van der Waals surface area contributed by atoms with Gasteiger partial charge in [0.25, 0.3) is 11.5 Å². The Morgan fingerprint density at radius 2 is 2.04 bits per heavy atom. The molecule has 4 rings (SSSR count). The maximum Gasteiger partial charge on any atom is 0.282 e. The van der Waals surface area contributed by atoms with Crippen LogP contribution in [0.3, 0.4) is 0 Å². The van der Waals surface area contributed by atoms with Crippen LogP contribution in [0.1, 0.15) is 28.2 Å². The third-order valence-electron chi connectivity index (χ3n) is 4.91. The monoisotopic (exact) mass is 368 g/mol. The molecule has 1 amide bonds. The Balaban J connectivity index is 1.40. The van der Waals surface area contributed by atoms with Gasteiger partial charge in [0.1, 0.15) is 0 Å². The Bertz CT molecular complexity index is 969. The van der Waals surface area contributed by atoms with Crippen molar-refractivity contribution in [3.8, 4) is 0 Å². The number of amides is 1. The fourth-order valence-electron chi connectivity index (χ4n) is 3.39. The smallest absolute Gasteiger partial charge is 0.282 e. The van der Waals surface area contributed by atoms with Gasteiger partial charge in [-0.05, 0) is 37.8 Å². The SMILES string of the molecule is Cc1cncn(CC2CCN(C(=O)c3nc4ccccc4s3)CC2)c1=O. The lowest BCUT2D eigenvalue weighted by Crippen LogP contribution is -2.40. The standard InChI is InChI=1S/C19H20N4O2S/c1-13-10-20-12-23(18(13)24)11-14-6-8-22(9-7-14)19(25)17-21-15-4-2-3-5-16(15)26-17/h2-5,10,12,14H,6-9,11H2,1H3. The number of aromatic nitrogens is 3. The molecule has 0 spiro atoms. The second-order valence-corrected chi connectivity index (χ2v) is 7.79. The molecule has 3 aromatic rings. The van der Waals surface area contributed by atoms with Gasteiger partial charge in [0.2, 0.25) is 0 Å². The van der Waals surface area contributed by atoms with Gasteiger partial charge in [-0.1, -0.05) is 12.1 Å². The van der Waals surface area contributed by atoms with Crippen molar-refractivity contribution in [1.29, 1.82) is 0 Å². The van der Waals surface area contributed by atoms with Gasteiger partial charge in [-0.15, -0.1) is 11.3 Å². The van der Waals surface area contributed by atoms with E-state index >= 15 is 0 Å². The first-order valence-electron chi connectivity index (χ1n) is 8.77. The summed E-state index contributed by atoms with van der Waals surface area (Å²) in [5.74, 6) is 0.398. The molecular weight excluding hydrogens is 348 g/mol. The first-order valence-corrected chi connectivity index (χ1v) is 9.59. The summed E-state index contributed by atoms with van der Waals surface area (Å²) in [6, 6.07) is 7.82. The molecule has 26 heavy (non-hydrogen) atoms. The molecule has 0 aliphatic carbocycles. The lowest BCUT2D eigenvalue weighted by atomic mass is 9.96. The van der Waals surface area contributed by atoms with Crippen LogP contribution in [-0.2, 0) is 6.54 Å². The molecule has 1 aromatic carbocycles. The number of carbonyl (C=O) groups excluding carboxylic acids is 1. The predicted molar refractivity (Wildman–Crippen MR) is 101 cm³/mol. The van der Waals surface area contributed by atoms with Crippen molar-refractivity contribution in [2.45, 2.75) is 26.3 Å². The minimum Gasteiger partial charge on any atom is -0.337 e. The van der Waals surface area contributed by atoms with E-state index in [1.165, 1.54) is 11.3 Å². The molecule has 0 N–H and O–H groups in total. The summed E-state index contributed by atoms with van der Waals surface area (Å²) in [5.41, 5.74) is 1.56. The van der Waals surface area contributed by atoms with E-state index in [2.05, 4.69) is 9.97 Å². The molecule has 1 fully saturated rings. The largest absolute Gasteiger partial charge is 0.337 e. The van der Waals surface area contributed by atoms with Crippen molar-refractivity contribution in [2.24, 2.45) is 5.92 Å². The van der Waals surface area contributed by atoms with Crippen LogP contribution in [0.15, 0.2) is 41.6 Å². The highest BCUT2D eigenvalue weighted by Gasteiger charge is 2.26. The van der Waals surface area contributed by atoms with Gasteiger partial charge in [-0.25, -0.2) is 9.97 Å². The van der Waals surface area contributed by atoms with Crippen LogP contribution in [-0.4, -0.2) is 38.4 Å². The van der Waals surface area contributed by atoms with Gasteiger partial charge in [0, 0.05) is 31.4 Å². The summed E-state index contributed by atoms with van der Waals surface area (Å²) in [5, 5.41) is 0.559. The number of benzene rings is 1. The maximum absolute atomic E-state index is 12.7. The van der Waals surface area contributed by atoms with Gasteiger partial charge >= 0.3 is 0 Å². The number of piperidine rings is 1. The first-order chi connectivity index (χ1) is 12.6. The normalized spacial score (nSPS) is 15.5. The zero-order valence-electron chi connectivity index (χ0n) is 14.6.